The zero-order valence-corrected chi connectivity index (χ0v) is 15.4. The summed E-state index contributed by atoms with van der Waals surface area (Å²) in [4.78, 5) is 30.4. The quantitative estimate of drug-likeness (QED) is 0.474. The molecular formula is C21H11F3N4O2. The lowest BCUT2D eigenvalue weighted by atomic mass is 10.0. The van der Waals surface area contributed by atoms with E-state index < -0.39 is 29.3 Å². The lowest BCUT2D eigenvalue weighted by Crippen LogP contribution is -2.24. The maximum atomic E-state index is 13.8. The molecule has 0 radical (unpaired) electrons. The Hall–Kier alpha value is -4.01. The van der Waals surface area contributed by atoms with Gasteiger partial charge in [0.25, 0.3) is 11.8 Å². The minimum absolute atomic E-state index is 0.0449. The fraction of sp³-hybridized carbons (Fsp3) is 0.0476. The summed E-state index contributed by atoms with van der Waals surface area (Å²) in [7, 11) is 1.35. The Labute approximate surface area is 167 Å². The number of halogens is 3. The van der Waals surface area contributed by atoms with E-state index in [9.17, 15) is 22.8 Å². The van der Waals surface area contributed by atoms with Gasteiger partial charge in [-0.05, 0) is 36.4 Å². The molecular weight excluding hydrogens is 397 g/mol. The van der Waals surface area contributed by atoms with Gasteiger partial charge in [-0.15, -0.1) is 0 Å². The molecule has 9 heteroatoms. The molecule has 0 fully saturated rings. The normalized spacial score (nSPS) is 13.4. The van der Waals surface area contributed by atoms with Crippen molar-refractivity contribution in [1.82, 2.24) is 19.7 Å². The van der Waals surface area contributed by atoms with Gasteiger partial charge in [0.05, 0.1) is 22.2 Å². The third kappa shape index (κ3) is 2.52. The highest BCUT2D eigenvalue weighted by atomic mass is 19.1. The van der Waals surface area contributed by atoms with Crippen LogP contribution in [0.25, 0.3) is 28.0 Å². The highest BCUT2D eigenvalue weighted by Gasteiger charge is 2.37. The second-order valence-corrected chi connectivity index (χ2v) is 6.81. The van der Waals surface area contributed by atoms with Gasteiger partial charge >= 0.3 is 0 Å². The summed E-state index contributed by atoms with van der Waals surface area (Å²) < 4.78 is 42.3. The Balaban J connectivity index is 1.89. The number of carbonyl (C=O) groups excluding carboxylic acids is 2. The third-order valence-corrected chi connectivity index (χ3v) is 4.96. The molecule has 30 heavy (non-hydrogen) atoms. The van der Waals surface area contributed by atoms with Gasteiger partial charge in [-0.2, -0.15) is 5.10 Å². The number of rotatable bonds is 2. The summed E-state index contributed by atoms with van der Waals surface area (Å²) in [5.74, 6) is -3.16. The largest absolute Gasteiger partial charge is 0.277 e. The molecule has 2 aromatic heterocycles. The number of amides is 2. The molecule has 4 aromatic rings. The highest BCUT2D eigenvalue weighted by molar-refractivity contribution is 6.27. The number of aromatic nitrogens is 3. The number of pyridine rings is 1. The van der Waals surface area contributed by atoms with E-state index in [0.29, 0.717) is 5.56 Å². The molecule has 0 bridgehead atoms. The molecule has 3 heterocycles. The van der Waals surface area contributed by atoms with Gasteiger partial charge < -0.3 is 0 Å². The summed E-state index contributed by atoms with van der Waals surface area (Å²) in [6.07, 6.45) is 1.24. The van der Waals surface area contributed by atoms with Gasteiger partial charge in [-0.1, -0.05) is 0 Å². The molecule has 0 atom stereocenters. The van der Waals surface area contributed by atoms with E-state index >= 15 is 0 Å². The average Bonchev–Trinajstić information content (AvgIpc) is 3.20. The van der Waals surface area contributed by atoms with Crippen LogP contribution in [-0.4, -0.2) is 38.5 Å². The van der Waals surface area contributed by atoms with Gasteiger partial charge in [0.2, 0.25) is 0 Å². The van der Waals surface area contributed by atoms with Crippen LogP contribution >= 0.6 is 0 Å². The Morgan fingerprint density at radius 2 is 1.53 bits per heavy atom. The zero-order chi connectivity index (χ0) is 21.2. The van der Waals surface area contributed by atoms with Crippen LogP contribution in [0.5, 0.6) is 0 Å². The van der Waals surface area contributed by atoms with E-state index in [1.54, 1.807) is 0 Å². The lowest BCUT2D eigenvalue weighted by molar-refractivity contribution is 0.0693. The van der Waals surface area contributed by atoms with Crippen LogP contribution in [0.3, 0.4) is 0 Å². The lowest BCUT2D eigenvalue weighted by Gasteiger charge is -2.04. The first-order valence-electron chi connectivity index (χ1n) is 8.81. The number of benzene rings is 2. The number of imide groups is 1. The molecule has 2 aromatic carbocycles. The summed E-state index contributed by atoms with van der Waals surface area (Å²) in [6, 6.07) is 8.21. The third-order valence-electron chi connectivity index (χ3n) is 4.96. The van der Waals surface area contributed by atoms with Crippen LogP contribution in [0.15, 0.2) is 48.7 Å². The van der Waals surface area contributed by atoms with Crippen molar-refractivity contribution in [2.45, 2.75) is 0 Å². The van der Waals surface area contributed by atoms with Crippen molar-refractivity contribution in [3.63, 3.8) is 0 Å². The second kappa shape index (κ2) is 6.24. The van der Waals surface area contributed by atoms with Crippen LogP contribution in [0, 0.1) is 17.5 Å². The standard InChI is InChI=1S/C21H11F3N4O2/c1-27-20(29)15-9-25-19-17(16(15)21(27)30)18(10-2-4-11(22)5-3-10)26-28(19)14-7-12(23)6-13(24)8-14/h2-9H,1H3. The number of carbonyl (C=O) groups is 2. The van der Waals surface area contributed by atoms with Crippen LogP contribution in [-0.2, 0) is 0 Å². The van der Waals surface area contributed by atoms with Crippen molar-refractivity contribution in [1.29, 1.82) is 0 Å². The van der Waals surface area contributed by atoms with Crippen LogP contribution < -0.4 is 0 Å². The predicted molar refractivity (Wildman–Crippen MR) is 101 cm³/mol. The van der Waals surface area contributed by atoms with Crippen LogP contribution in [0.4, 0.5) is 13.2 Å². The van der Waals surface area contributed by atoms with E-state index in [-0.39, 0.29) is 33.5 Å². The van der Waals surface area contributed by atoms with Crippen molar-refractivity contribution >= 4 is 22.8 Å². The molecule has 1 aliphatic heterocycles. The number of hydrogen-bond acceptors (Lipinski definition) is 4. The number of hydrogen-bond donors (Lipinski definition) is 0. The molecule has 0 unspecified atom stereocenters. The Morgan fingerprint density at radius 3 is 2.20 bits per heavy atom. The van der Waals surface area contributed by atoms with Crippen molar-refractivity contribution in [3.05, 3.63) is 77.2 Å². The maximum Gasteiger partial charge on any atom is 0.262 e. The van der Waals surface area contributed by atoms with Gasteiger partial charge in [0.15, 0.2) is 5.65 Å². The number of nitrogens with zero attached hydrogens (tertiary/aromatic N) is 4. The minimum Gasteiger partial charge on any atom is -0.277 e. The molecule has 0 saturated carbocycles. The monoisotopic (exact) mass is 408 g/mol. The van der Waals surface area contributed by atoms with Crippen LogP contribution in [0.2, 0.25) is 0 Å². The van der Waals surface area contributed by atoms with Gasteiger partial charge in [-0.3, -0.25) is 14.5 Å². The summed E-state index contributed by atoms with van der Waals surface area (Å²) >= 11 is 0. The fourth-order valence-electron chi connectivity index (χ4n) is 3.56. The van der Waals surface area contributed by atoms with Crippen molar-refractivity contribution in [2.24, 2.45) is 0 Å². The van der Waals surface area contributed by atoms with E-state index in [4.69, 9.17) is 0 Å². The smallest absolute Gasteiger partial charge is 0.262 e. The van der Waals surface area contributed by atoms with Gasteiger partial charge in [0.1, 0.15) is 23.1 Å². The Bertz CT molecular complexity index is 1360. The van der Waals surface area contributed by atoms with Crippen LogP contribution in [0.1, 0.15) is 20.7 Å². The fourth-order valence-corrected chi connectivity index (χ4v) is 3.56. The summed E-state index contributed by atoms with van der Waals surface area (Å²) in [5, 5.41) is 4.66. The Morgan fingerprint density at radius 1 is 0.867 bits per heavy atom. The van der Waals surface area contributed by atoms with E-state index in [1.807, 2.05) is 0 Å². The van der Waals surface area contributed by atoms with Crippen molar-refractivity contribution in [2.75, 3.05) is 7.05 Å². The molecule has 0 spiro atoms. The first-order chi connectivity index (χ1) is 14.3. The maximum absolute atomic E-state index is 13.8. The Kier molecular flexibility index (Phi) is 3.76. The highest BCUT2D eigenvalue weighted by Crippen LogP contribution is 2.36. The molecule has 1 aliphatic rings. The van der Waals surface area contributed by atoms with E-state index in [0.717, 1.165) is 23.1 Å². The zero-order valence-electron chi connectivity index (χ0n) is 15.4. The SMILES string of the molecule is CN1C(=O)c2cnc3c(c(-c4ccc(F)cc4)nn3-c3cc(F)cc(F)c3)c2C1=O. The molecule has 6 nitrogen and oxygen atoms in total. The minimum atomic E-state index is -0.816. The molecule has 148 valence electrons. The van der Waals surface area contributed by atoms with Crippen molar-refractivity contribution < 1.29 is 22.8 Å². The molecule has 0 saturated heterocycles. The molecule has 0 aliphatic carbocycles. The van der Waals surface area contributed by atoms with Gasteiger partial charge in [-0.25, -0.2) is 22.8 Å². The predicted octanol–water partition coefficient (Wildman–Crippen LogP) is 3.73. The first-order valence-corrected chi connectivity index (χ1v) is 8.81. The first kappa shape index (κ1) is 18.0. The summed E-state index contributed by atoms with van der Waals surface area (Å²) in [5.41, 5.74) is 1.05. The molecule has 2 amide bonds. The molecule has 5 rings (SSSR count). The second-order valence-electron chi connectivity index (χ2n) is 6.81. The van der Waals surface area contributed by atoms with E-state index in [2.05, 4.69) is 10.1 Å². The summed E-state index contributed by atoms with van der Waals surface area (Å²) in [6.45, 7) is 0. The molecule has 0 N–H and O–H groups in total. The van der Waals surface area contributed by atoms with Crippen molar-refractivity contribution in [3.8, 4) is 16.9 Å². The topological polar surface area (TPSA) is 68.1 Å². The van der Waals surface area contributed by atoms with Gasteiger partial charge in [0, 0.05) is 24.9 Å². The number of fused-ring (bicyclic) bond motifs is 3. The van der Waals surface area contributed by atoms with E-state index in [1.165, 1.54) is 42.2 Å². The average molecular weight is 408 g/mol.